The Balaban J connectivity index is 2.14. The summed E-state index contributed by atoms with van der Waals surface area (Å²) in [5, 5.41) is 0. The summed E-state index contributed by atoms with van der Waals surface area (Å²) in [6, 6.07) is 4.88. The zero-order valence-electron chi connectivity index (χ0n) is 10.1. The van der Waals surface area contributed by atoms with E-state index in [0.717, 1.165) is 25.0 Å². The minimum Gasteiger partial charge on any atom is -0.463 e. The van der Waals surface area contributed by atoms with Gasteiger partial charge in [-0.15, -0.1) is 0 Å². The summed E-state index contributed by atoms with van der Waals surface area (Å²) in [7, 11) is 0. The van der Waals surface area contributed by atoms with Gasteiger partial charge >= 0.3 is 6.18 Å². The van der Waals surface area contributed by atoms with Gasteiger partial charge < -0.3 is 9.47 Å². The Kier molecular flexibility index (Phi) is 3.52. The van der Waals surface area contributed by atoms with Crippen molar-refractivity contribution in [2.75, 3.05) is 6.61 Å². The second kappa shape index (κ2) is 4.80. The van der Waals surface area contributed by atoms with Crippen LogP contribution in [-0.4, -0.2) is 12.4 Å². The Morgan fingerprint density at radius 3 is 2.67 bits per heavy atom. The predicted octanol–water partition coefficient (Wildman–Crippen LogP) is 4.00. The van der Waals surface area contributed by atoms with Gasteiger partial charge in [-0.2, -0.15) is 13.2 Å². The van der Waals surface area contributed by atoms with E-state index in [-0.39, 0.29) is 5.75 Å². The maximum absolute atomic E-state index is 12.6. The molecule has 1 aromatic carbocycles. The first-order valence-corrected chi connectivity index (χ1v) is 5.89. The molecule has 100 valence electrons. The molecule has 1 aliphatic heterocycles. The monoisotopic (exact) mass is 260 g/mol. The third-order valence-corrected chi connectivity index (χ3v) is 2.93. The van der Waals surface area contributed by atoms with Crippen LogP contribution in [0.25, 0.3) is 0 Å². The number of hydrogen-bond donors (Lipinski definition) is 0. The smallest absolute Gasteiger partial charge is 0.416 e. The molecule has 0 saturated carbocycles. The van der Waals surface area contributed by atoms with Crippen molar-refractivity contribution in [2.45, 2.75) is 38.1 Å². The van der Waals surface area contributed by atoms with Crippen LogP contribution in [0.15, 0.2) is 24.3 Å². The molecule has 5 heteroatoms. The molecule has 0 aliphatic carbocycles. The zero-order chi connectivity index (χ0) is 13.2. The minimum absolute atomic E-state index is 0.189. The molecule has 2 nitrogen and oxygen atoms in total. The van der Waals surface area contributed by atoms with Crippen LogP contribution in [0.2, 0.25) is 0 Å². The fourth-order valence-corrected chi connectivity index (χ4v) is 1.97. The fourth-order valence-electron chi connectivity index (χ4n) is 1.97. The van der Waals surface area contributed by atoms with Gasteiger partial charge in [-0.05, 0) is 31.0 Å². The van der Waals surface area contributed by atoms with Gasteiger partial charge in [0.15, 0.2) is 0 Å². The topological polar surface area (TPSA) is 18.5 Å². The lowest BCUT2D eigenvalue weighted by molar-refractivity contribution is -0.192. The molecule has 0 amide bonds. The lowest BCUT2D eigenvalue weighted by Crippen LogP contribution is -2.38. The van der Waals surface area contributed by atoms with E-state index in [0.29, 0.717) is 13.0 Å². The standard InChI is InChI=1S/C13H15F3O2/c1-12(7-2-3-8-17-12)18-11-6-4-5-10(9-11)13(14,15)16/h4-6,9H,2-3,7-8H2,1H3/t12-/m0/s1. The van der Waals surface area contributed by atoms with Gasteiger partial charge in [-0.1, -0.05) is 6.07 Å². The van der Waals surface area contributed by atoms with Crippen molar-refractivity contribution in [3.63, 3.8) is 0 Å². The Labute approximate surface area is 104 Å². The van der Waals surface area contributed by atoms with E-state index in [1.54, 1.807) is 6.92 Å². The van der Waals surface area contributed by atoms with Crippen LogP contribution in [-0.2, 0) is 10.9 Å². The fraction of sp³-hybridized carbons (Fsp3) is 0.538. The van der Waals surface area contributed by atoms with Crippen molar-refractivity contribution in [3.05, 3.63) is 29.8 Å². The molecule has 1 saturated heterocycles. The van der Waals surface area contributed by atoms with Gasteiger partial charge in [-0.25, -0.2) is 0 Å². The average Bonchev–Trinajstić information content (AvgIpc) is 2.28. The molecule has 1 fully saturated rings. The van der Waals surface area contributed by atoms with Crippen molar-refractivity contribution in [1.29, 1.82) is 0 Å². The Bertz CT molecular complexity index is 409. The van der Waals surface area contributed by atoms with Gasteiger partial charge in [0.25, 0.3) is 0 Å². The summed E-state index contributed by atoms with van der Waals surface area (Å²) in [6.45, 7) is 2.34. The third-order valence-electron chi connectivity index (χ3n) is 2.93. The van der Waals surface area contributed by atoms with E-state index < -0.39 is 17.5 Å². The van der Waals surface area contributed by atoms with Gasteiger partial charge in [0.2, 0.25) is 5.79 Å². The van der Waals surface area contributed by atoms with E-state index in [4.69, 9.17) is 9.47 Å². The average molecular weight is 260 g/mol. The van der Waals surface area contributed by atoms with E-state index in [1.807, 2.05) is 0 Å². The third kappa shape index (κ3) is 3.16. The van der Waals surface area contributed by atoms with E-state index in [2.05, 4.69) is 0 Å². The normalized spacial score (nSPS) is 24.9. The van der Waals surface area contributed by atoms with Crippen LogP contribution in [0.1, 0.15) is 31.7 Å². The highest BCUT2D eigenvalue weighted by molar-refractivity contribution is 5.30. The second-order valence-electron chi connectivity index (χ2n) is 4.57. The predicted molar refractivity (Wildman–Crippen MR) is 60.3 cm³/mol. The minimum atomic E-state index is -4.35. The highest BCUT2D eigenvalue weighted by Crippen LogP contribution is 2.33. The number of hydrogen-bond acceptors (Lipinski definition) is 2. The van der Waals surface area contributed by atoms with Crippen LogP contribution in [0.4, 0.5) is 13.2 Å². The molecule has 1 atom stereocenters. The van der Waals surface area contributed by atoms with E-state index in [9.17, 15) is 13.2 Å². The molecule has 1 aromatic rings. The molecule has 0 radical (unpaired) electrons. The molecule has 0 bridgehead atoms. The maximum Gasteiger partial charge on any atom is 0.416 e. The molecular weight excluding hydrogens is 245 g/mol. The van der Waals surface area contributed by atoms with Crippen molar-refractivity contribution >= 4 is 0 Å². The Hall–Kier alpha value is -1.23. The summed E-state index contributed by atoms with van der Waals surface area (Å²) in [5.41, 5.74) is -0.709. The zero-order valence-corrected chi connectivity index (χ0v) is 10.1. The number of benzene rings is 1. The van der Waals surface area contributed by atoms with Crippen LogP contribution in [0, 0.1) is 0 Å². The van der Waals surface area contributed by atoms with Crippen molar-refractivity contribution in [1.82, 2.24) is 0 Å². The largest absolute Gasteiger partial charge is 0.463 e. The number of ether oxygens (including phenoxy) is 2. The first-order chi connectivity index (χ1) is 8.39. The first kappa shape index (κ1) is 13.2. The van der Waals surface area contributed by atoms with Gasteiger partial charge in [0, 0.05) is 13.3 Å². The first-order valence-electron chi connectivity index (χ1n) is 5.89. The Morgan fingerprint density at radius 2 is 2.06 bits per heavy atom. The number of alkyl halides is 3. The summed E-state index contributed by atoms with van der Waals surface area (Å²) in [5.74, 6) is -0.628. The van der Waals surface area contributed by atoms with E-state index >= 15 is 0 Å². The van der Waals surface area contributed by atoms with Crippen LogP contribution >= 0.6 is 0 Å². The number of halogens is 3. The lowest BCUT2D eigenvalue weighted by atomic mass is 10.1. The maximum atomic E-state index is 12.6. The quantitative estimate of drug-likeness (QED) is 0.800. The summed E-state index contributed by atoms with van der Waals surface area (Å²) in [4.78, 5) is 0. The summed E-state index contributed by atoms with van der Waals surface area (Å²) < 4.78 is 48.7. The van der Waals surface area contributed by atoms with Gasteiger partial charge in [0.1, 0.15) is 5.75 Å². The van der Waals surface area contributed by atoms with Gasteiger partial charge in [0.05, 0.1) is 12.2 Å². The molecule has 0 aromatic heterocycles. The highest BCUT2D eigenvalue weighted by atomic mass is 19.4. The molecule has 18 heavy (non-hydrogen) atoms. The Morgan fingerprint density at radius 1 is 1.28 bits per heavy atom. The molecule has 2 rings (SSSR count). The summed E-state index contributed by atoms with van der Waals surface area (Å²) in [6.07, 6.45) is -1.76. The lowest BCUT2D eigenvalue weighted by Gasteiger charge is -2.34. The molecule has 1 heterocycles. The van der Waals surface area contributed by atoms with Gasteiger partial charge in [-0.3, -0.25) is 0 Å². The van der Waals surface area contributed by atoms with Crippen LogP contribution in [0.3, 0.4) is 0 Å². The van der Waals surface area contributed by atoms with E-state index in [1.165, 1.54) is 12.1 Å². The van der Waals surface area contributed by atoms with Crippen molar-refractivity contribution in [3.8, 4) is 5.75 Å². The van der Waals surface area contributed by atoms with Crippen LogP contribution < -0.4 is 4.74 Å². The molecular formula is C13H15F3O2. The van der Waals surface area contributed by atoms with Crippen LogP contribution in [0.5, 0.6) is 5.75 Å². The van der Waals surface area contributed by atoms with Crippen molar-refractivity contribution < 1.29 is 22.6 Å². The summed E-state index contributed by atoms with van der Waals surface area (Å²) >= 11 is 0. The molecule has 1 aliphatic rings. The van der Waals surface area contributed by atoms with Crippen molar-refractivity contribution in [2.24, 2.45) is 0 Å². The molecule has 0 unspecified atom stereocenters. The molecule has 0 N–H and O–H groups in total. The SMILES string of the molecule is C[C@]1(Oc2cccc(C(F)(F)F)c2)CCCCO1. The number of rotatable bonds is 2. The molecule has 0 spiro atoms. The second-order valence-corrected chi connectivity index (χ2v) is 4.57. The highest BCUT2D eigenvalue weighted by Gasteiger charge is 2.33.